The molecule has 2 unspecified atom stereocenters. The lowest BCUT2D eigenvalue weighted by Crippen LogP contribution is -2.19. The zero-order valence-corrected chi connectivity index (χ0v) is 44.3. The molecule has 3 heterocycles. The molecule has 0 bridgehead atoms. The highest BCUT2D eigenvalue weighted by molar-refractivity contribution is 7.25. The lowest BCUT2D eigenvalue weighted by atomic mass is 9.89. The number of benzene rings is 8. The highest BCUT2D eigenvalue weighted by Gasteiger charge is 2.31. The molecule has 1 aliphatic heterocycles. The first-order valence-corrected chi connectivity index (χ1v) is 27.3. The van der Waals surface area contributed by atoms with Gasteiger partial charge in [-0.2, -0.15) is 0 Å². The normalized spacial score (nSPS) is 17.7. The first-order chi connectivity index (χ1) is 35.5. The van der Waals surface area contributed by atoms with Crippen molar-refractivity contribution in [2.75, 3.05) is 11.4 Å². The van der Waals surface area contributed by atoms with Crippen molar-refractivity contribution in [2.45, 2.75) is 86.5 Å². The van der Waals surface area contributed by atoms with Crippen LogP contribution in [0, 0.1) is 41.5 Å². The Morgan fingerprint density at radius 1 is 0.562 bits per heavy atom. The molecule has 2 atom stereocenters. The van der Waals surface area contributed by atoms with E-state index < -0.39 is 0 Å². The molecule has 358 valence electrons. The Morgan fingerprint density at radius 3 is 2.03 bits per heavy atom. The van der Waals surface area contributed by atoms with Crippen molar-refractivity contribution >= 4 is 75.8 Å². The molecular weight excluding hydrogens is 901 g/mol. The van der Waals surface area contributed by atoms with Crippen molar-refractivity contribution in [1.82, 2.24) is 4.57 Å². The van der Waals surface area contributed by atoms with E-state index in [0.29, 0.717) is 5.92 Å². The minimum Gasteiger partial charge on any atom is -0.337 e. The maximum absolute atomic E-state index is 2.59. The van der Waals surface area contributed by atoms with E-state index in [2.05, 4.69) is 235 Å². The molecular formula is C70H62N2S. The van der Waals surface area contributed by atoms with Crippen LogP contribution in [0.2, 0.25) is 0 Å². The molecule has 0 amide bonds. The summed E-state index contributed by atoms with van der Waals surface area (Å²) in [4.78, 5) is 2.59. The first-order valence-electron chi connectivity index (χ1n) is 26.5. The Morgan fingerprint density at radius 2 is 1.26 bits per heavy atom. The number of aryl methyl sites for hydroxylation is 6. The van der Waals surface area contributed by atoms with Gasteiger partial charge in [-0.1, -0.05) is 134 Å². The minimum atomic E-state index is 0.147. The quantitative estimate of drug-likeness (QED) is 0.161. The second-order valence-electron chi connectivity index (χ2n) is 21.4. The highest BCUT2D eigenvalue weighted by atomic mass is 32.1. The number of anilines is 2. The topological polar surface area (TPSA) is 8.17 Å². The van der Waals surface area contributed by atoms with E-state index in [0.717, 1.165) is 25.8 Å². The summed E-state index contributed by atoms with van der Waals surface area (Å²) < 4.78 is 5.17. The molecule has 10 aromatic rings. The van der Waals surface area contributed by atoms with Crippen LogP contribution in [0.5, 0.6) is 0 Å². The van der Waals surface area contributed by atoms with E-state index in [-0.39, 0.29) is 5.92 Å². The smallest absolute Gasteiger partial charge is 0.0547 e. The van der Waals surface area contributed by atoms with Crippen molar-refractivity contribution < 1.29 is 0 Å². The molecule has 8 aromatic carbocycles. The van der Waals surface area contributed by atoms with Crippen LogP contribution in [0.4, 0.5) is 11.4 Å². The summed E-state index contributed by atoms with van der Waals surface area (Å²) in [7, 11) is 0. The van der Waals surface area contributed by atoms with Crippen LogP contribution < -0.4 is 4.90 Å². The van der Waals surface area contributed by atoms with Crippen molar-refractivity contribution in [1.29, 1.82) is 0 Å². The van der Waals surface area contributed by atoms with Gasteiger partial charge < -0.3 is 9.47 Å². The zero-order valence-electron chi connectivity index (χ0n) is 43.5. The molecule has 0 saturated heterocycles. The number of rotatable bonds is 6. The number of fused-ring (bicyclic) bond motifs is 9. The average Bonchev–Trinajstić information content (AvgIpc) is 4.04. The van der Waals surface area contributed by atoms with Crippen molar-refractivity contribution in [2.24, 2.45) is 0 Å². The lowest BCUT2D eigenvalue weighted by molar-refractivity contribution is 0.730. The third-order valence-electron chi connectivity index (χ3n) is 16.6. The van der Waals surface area contributed by atoms with E-state index in [1.807, 2.05) is 11.3 Å². The van der Waals surface area contributed by atoms with Crippen LogP contribution in [-0.2, 0) is 0 Å². The summed E-state index contributed by atoms with van der Waals surface area (Å²) in [6, 6.07) is 54.3. The Hall–Kier alpha value is -7.46. The van der Waals surface area contributed by atoms with Crippen LogP contribution in [0.25, 0.3) is 81.1 Å². The Kier molecular flexibility index (Phi) is 11.0. The monoisotopic (exact) mass is 962 g/mol. The zero-order chi connectivity index (χ0) is 49.8. The van der Waals surface area contributed by atoms with E-state index >= 15 is 0 Å². The number of aromatic nitrogens is 1. The van der Waals surface area contributed by atoms with Gasteiger partial charge in [0.15, 0.2) is 0 Å². The number of thiophene rings is 1. The van der Waals surface area contributed by atoms with Gasteiger partial charge >= 0.3 is 0 Å². The fourth-order valence-electron chi connectivity index (χ4n) is 13.5. The fourth-order valence-corrected chi connectivity index (χ4v) is 14.5. The number of nitrogens with zero attached hydrogens (tertiary/aromatic N) is 2. The second kappa shape index (κ2) is 17.6. The van der Waals surface area contributed by atoms with Crippen LogP contribution >= 0.6 is 11.3 Å². The molecule has 0 saturated carbocycles. The van der Waals surface area contributed by atoms with E-state index in [4.69, 9.17) is 0 Å². The molecule has 3 heteroatoms. The predicted octanol–water partition coefficient (Wildman–Crippen LogP) is 19.8. The number of hydrogen-bond acceptors (Lipinski definition) is 2. The van der Waals surface area contributed by atoms with Gasteiger partial charge in [-0.05, 0) is 205 Å². The SMILES string of the molecule is CCC1C2=C(C=CCC2)c2cc(N3C/C=C(c4ccc5c6cc(-c7c(C)cc(C)cc7C)ccc6n(-c6ccc7sc8ccccc8c7c6)c5c4)\C=C/C(C)c4cc(-c5c(C)cc(C)cc5C)ccc43)ccc21. The van der Waals surface area contributed by atoms with Crippen molar-refractivity contribution in [3.8, 4) is 27.9 Å². The van der Waals surface area contributed by atoms with Gasteiger partial charge in [-0.25, -0.2) is 0 Å². The van der Waals surface area contributed by atoms with Crippen LogP contribution in [0.15, 0.2) is 175 Å². The average molecular weight is 963 g/mol. The summed E-state index contributed by atoms with van der Waals surface area (Å²) in [5.74, 6) is 0.652. The van der Waals surface area contributed by atoms with Crippen LogP contribution in [0.1, 0.15) is 101 Å². The standard InChI is InChI=1S/C70H62N2S/c1-9-54-55-14-10-11-15-56(55)61-39-52(23-26-57(54)61)71-31-30-48(19-18-43(4)60-36-50(21-27-64(60)71)69-44(5)32-41(2)33-45(69)6)49-20-25-58-62-37-51(70-46(7)34-42(3)35-47(70)8)22-28-65(62)72(66(58)38-49)53-24-29-68-63(40-53)59-16-12-13-17-67(59)73-68/h11-13,15-30,32-40,43,54H,9-10,14,31H2,1-8H3/b19-18-,48-30+. The molecule has 0 N–H and O–H groups in total. The molecule has 2 aromatic heterocycles. The van der Waals surface area contributed by atoms with Gasteiger partial charge in [0.2, 0.25) is 0 Å². The van der Waals surface area contributed by atoms with Crippen molar-refractivity contribution in [3.63, 3.8) is 0 Å². The molecule has 2 aliphatic carbocycles. The second-order valence-corrected chi connectivity index (χ2v) is 22.5. The van der Waals surface area contributed by atoms with Gasteiger partial charge in [-0.15, -0.1) is 11.3 Å². The maximum Gasteiger partial charge on any atom is 0.0547 e. The summed E-state index contributed by atoms with van der Waals surface area (Å²) in [6.07, 6.45) is 15.6. The lowest BCUT2D eigenvalue weighted by Gasteiger charge is -2.29. The van der Waals surface area contributed by atoms with Gasteiger partial charge in [0.05, 0.1) is 11.0 Å². The maximum atomic E-state index is 2.59. The van der Waals surface area contributed by atoms with Gasteiger partial charge in [0.25, 0.3) is 0 Å². The van der Waals surface area contributed by atoms with E-state index in [1.165, 1.54) is 148 Å². The summed E-state index contributed by atoms with van der Waals surface area (Å²) in [6.45, 7) is 18.9. The Bertz CT molecular complexity index is 4040. The van der Waals surface area contributed by atoms with Gasteiger partial charge in [0, 0.05) is 66.4 Å². The van der Waals surface area contributed by atoms with Crippen molar-refractivity contribution in [3.05, 3.63) is 231 Å². The number of allylic oxidation sites excluding steroid dienone is 7. The van der Waals surface area contributed by atoms with Crippen LogP contribution in [-0.4, -0.2) is 11.1 Å². The molecule has 13 rings (SSSR count). The van der Waals surface area contributed by atoms with E-state index in [1.54, 1.807) is 5.57 Å². The molecule has 2 nitrogen and oxygen atoms in total. The molecule has 73 heavy (non-hydrogen) atoms. The summed E-state index contributed by atoms with van der Waals surface area (Å²) in [5, 5.41) is 5.15. The highest BCUT2D eigenvalue weighted by Crippen LogP contribution is 2.50. The summed E-state index contributed by atoms with van der Waals surface area (Å²) in [5.41, 5.74) is 29.0. The first kappa shape index (κ1) is 45.4. The Balaban J connectivity index is 0.994. The minimum absolute atomic E-state index is 0.147. The fraction of sp³-hybridized carbons (Fsp3) is 0.200. The van der Waals surface area contributed by atoms with Gasteiger partial charge in [-0.3, -0.25) is 0 Å². The molecule has 0 spiro atoms. The largest absolute Gasteiger partial charge is 0.337 e. The van der Waals surface area contributed by atoms with Gasteiger partial charge in [0.1, 0.15) is 0 Å². The molecule has 0 radical (unpaired) electrons. The third-order valence-corrected chi connectivity index (χ3v) is 17.7. The number of hydrogen-bond donors (Lipinski definition) is 0. The Labute approximate surface area is 435 Å². The molecule has 3 aliphatic rings. The molecule has 0 fully saturated rings. The van der Waals surface area contributed by atoms with E-state index in [9.17, 15) is 0 Å². The summed E-state index contributed by atoms with van der Waals surface area (Å²) >= 11 is 1.88. The third kappa shape index (κ3) is 7.49. The van der Waals surface area contributed by atoms with Crippen LogP contribution in [0.3, 0.4) is 0 Å². The predicted molar refractivity (Wildman–Crippen MR) is 317 cm³/mol.